The predicted octanol–water partition coefficient (Wildman–Crippen LogP) is 6.34. The Balaban J connectivity index is 1.50. The molecular formula is C31H34ClFN2O3. The Morgan fingerprint density at radius 2 is 1.63 bits per heavy atom. The molecule has 200 valence electrons. The number of hydrogen-bond donors (Lipinski definition) is 1. The highest BCUT2D eigenvalue weighted by molar-refractivity contribution is 6.30. The van der Waals surface area contributed by atoms with E-state index in [1.54, 1.807) is 41.3 Å². The number of amides is 2. The zero-order chi connectivity index (χ0) is 26.7. The molecule has 1 aliphatic carbocycles. The lowest BCUT2D eigenvalue weighted by atomic mass is 10.0. The van der Waals surface area contributed by atoms with Crippen LogP contribution in [-0.4, -0.2) is 35.4 Å². The first kappa shape index (κ1) is 27.6. The molecule has 1 saturated carbocycles. The summed E-state index contributed by atoms with van der Waals surface area (Å²) in [7, 11) is 0. The molecule has 0 saturated heterocycles. The van der Waals surface area contributed by atoms with Gasteiger partial charge >= 0.3 is 0 Å². The molecule has 3 aromatic rings. The van der Waals surface area contributed by atoms with Gasteiger partial charge in [0.15, 0.2) is 0 Å². The number of ether oxygens (including phenoxy) is 1. The number of hydrogen-bond acceptors (Lipinski definition) is 3. The van der Waals surface area contributed by atoms with Crippen molar-refractivity contribution in [1.82, 2.24) is 10.2 Å². The van der Waals surface area contributed by atoms with Gasteiger partial charge in [-0.3, -0.25) is 9.59 Å². The molecule has 0 unspecified atom stereocenters. The molecule has 3 aromatic carbocycles. The van der Waals surface area contributed by atoms with Crippen molar-refractivity contribution >= 4 is 23.4 Å². The van der Waals surface area contributed by atoms with Gasteiger partial charge < -0.3 is 15.0 Å². The van der Waals surface area contributed by atoms with E-state index in [1.165, 1.54) is 12.1 Å². The molecule has 1 N–H and O–H groups in total. The predicted molar refractivity (Wildman–Crippen MR) is 147 cm³/mol. The van der Waals surface area contributed by atoms with Crippen molar-refractivity contribution < 1.29 is 18.7 Å². The highest BCUT2D eigenvalue weighted by Crippen LogP contribution is 2.21. The summed E-state index contributed by atoms with van der Waals surface area (Å²) >= 11 is 5.93. The van der Waals surface area contributed by atoms with Crippen LogP contribution in [0.5, 0.6) is 5.75 Å². The Morgan fingerprint density at radius 1 is 0.947 bits per heavy atom. The third-order valence-corrected chi connectivity index (χ3v) is 7.11. The van der Waals surface area contributed by atoms with Crippen molar-refractivity contribution in [3.63, 3.8) is 0 Å². The highest BCUT2D eigenvalue weighted by atomic mass is 35.5. The second-order valence-electron chi connectivity index (χ2n) is 9.75. The van der Waals surface area contributed by atoms with Crippen LogP contribution >= 0.6 is 11.6 Å². The molecule has 0 aliphatic heterocycles. The van der Waals surface area contributed by atoms with E-state index in [2.05, 4.69) is 5.32 Å². The van der Waals surface area contributed by atoms with Gasteiger partial charge in [-0.25, -0.2) is 4.39 Å². The van der Waals surface area contributed by atoms with Gasteiger partial charge in [0.05, 0.1) is 6.61 Å². The smallest absolute Gasteiger partial charge is 0.243 e. The van der Waals surface area contributed by atoms with Gasteiger partial charge in [0.25, 0.3) is 0 Å². The summed E-state index contributed by atoms with van der Waals surface area (Å²) in [6.07, 6.45) is 5.21. The molecule has 0 radical (unpaired) electrons. The lowest BCUT2D eigenvalue weighted by molar-refractivity contribution is -0.141. The summed E-state index contributed by atoms with van der Waals surface area (Å²) < 4.78 is 19.4. The van der Waals surface area contributed by atoms with Crippen LogP contribution in [0.4, 0.5) is 4.39 Å². The lowest BCUT2D eigenvalue weighted by Gasteiger charge is -2.32. The third kappa shape index (κ3) is 8.32. The molecule has 1 aliphatic rings. The number of rotatable bonds is 12. The first-order valence-corrected chi connectivity index (χ1v) is 13.6. The van der Waals surface area contributed by atoms with Gasteiger partial charge in [0.2, 0.25) is 11.8 Å². The van der Waals surface area contributed by atoms with E-state index in [0.29, 0.717) is 30.2 Å². The van der Waals surface area contributed by atoms with Crippen LogP contribution in [0.15, 0.2) is 78.9 Å². The van der Waals surface area contributed by atoms with Gasteiger partial charge in [-0.1, -0.05) is 66.9 Å². The Bertz CT molecular complexity index is 1170. The van der Waals surface area contributed by atoms with Gasteiger partial charge in [-0.05, 0) is 66.8 Å². The fraction of sp³-hybridized carbons (Fsp3) is 0.355. The van der Waals surface area contributed by atoms with E-state index < -0.39 is 6.04 Å². The molecule has 0 bridgehead atoms. The van der Waals surface area contributed by atoms with E-state index in [1.807, 2.05) is 30.3 Å². The Morgan fingerprint density at radius 3 is 2.32 bits per heavy atom. The van der Waals surface area contributed by atoms with E-state index in [4.69, 9.17) is 16.3 Å². The van der Waals surface area contributed by atoms with Crippen LogP contribution in [0, 0.1) is 5.82 Å². The Hall–Kier alpha value is -3.38. The fourth-order valence-corrected chi connectivity index (χ4v) is 4.92. The minimum Gasteiger partial charge on any atom is -0.494 e. The molecule has 5 nitrogen and oxygen atoms in total. The van der Waals surface area contributed by atoms with Crippen molar-refractivity contribution in [2.24, 2.45) is 0 Å². The quantitative estimate of drug-likeness (QED) is 0.275. The number of halogens is 2. The van der Waals surface area contributed by atoms with Crippen LogP contribution in [0.25, 0.3) is 0 Å². The van der Waals surface area contributed by atoms with Crippen LogP contribution in [0.1, 0.15) is 49.7 Å². The first-order chi connectivity index (χ1) is 18.5. The number of benzene rings is 3. The fourth-order valence-electron chi connectivity index (χ4n) is 4.80. The van der Waals surface area contributed by atoms with Gasteiger partial charge in [-0.15, -0.1) is 0 Å². The van der Waals surface area contributed by atoms with Crippen LogP contribution in [0.2, 0.25) is 5.02 Å². The minimum absolute atomic E-state index is 0.135. The zero-order valence-electron chi connectivity index (χ0n) is 21.5. The normalized spacial score (nSPS) is 14.2. The molecule has 0 aromatic heterocycles. The van der Waals surface area contributed by atoms with Crippen molar-refractivity contribution in [3.8, 4) is 5.75 Å². The summed E-state index contributed by atoms with van der Waals surface area (Å²) in [6.45, 7) is 0.572. The number of nitrogens with one attached hydrogen (secondary N) is 1. The summed E-state index contributed by atoms with van der Waals surface area (Å²) in [6, 6.07) is 22.3. The SMILES string of the molecule is O=C(NC1CCCC1)[C@@H](Cc1ccccc1)N(Cc1ccc(F)cc1)C(=O)CCCOc1ccc(Cl)cc1. The Labute approximate surface area is 228 Å². The second kappa shape index (κ2) is 14.0. The van der Waals surface area contributed by atoms with Crippen LogP contribution in [-0.2, 0) is 22.6 Å². The van der Waals surface area contributed by atoms with E-state index in [0.717, 1.165) is 36.8 Å². The highest BCUT2D eigenvalue weighted by Gasteiger charge is 2.32. The maximum atomic E-state index is 13.6. The van der Waals surface area contributed by atoms with Crippen molar-refractivity contribution in [3.05, 3.63) is 101 Å². The molecule has 1 atom stereocenters. The topological polar surface area (TPSA) is 58.6 Å². The third-order valence-electron chi connectivity index (χ3n) is 6.86. The summed E-state index contributed by atoms with van der Waals surface area (Å²) in [5.41, 5.74) is 1.74. The van der Waals surface area contributed by atoms with E-state index in [-0.39, 0.29) is 36.6 Å². The summed E-state index contributed by atoms with van der Waals surface area (Å²) in [4.78, 5) is 28.9. The van der Waals surface area contributed by atoms with Crippen LogP contribution < -0.4 is 10.1 Å². The molecule has 38 heavy (non-hydrogen) atoms. The zero-order valence-corrected chi connectivity index (χ0v) is 22.2. The maximum absolute atomic E-state index is 13.6. The van der Waals surface area contributed by atoms with Crippen molar-refractivity contribution in [1.29, 1.82) is 0 Å². The first-order valence-electron chi connectivity index (χ1n) is 13.2. The average Bonchev–Trinajstić information content (AvgIpc) is 3.44. The molecule has 0 spiro atoms. The number of carbonyl (C=O) groups is 2. The monoisotopic (exact) mass is 536 g/mol. The van der Waals surface area contributed by atoms with Gasteiger partial charge in [0.1, 0.15) is 17.6 Å². The second-order valence-corrected chi connectivity index (χ2v) is 10.2. The van der Waals surface area contributed by atoms with Gasteiger partial charge in [-0.2, -0.15) is 0 Å². The molecule has 7 heteroatoms. The molecule has 2 amide bonds. The lowest BCUT2D eigenvalue weighted by Crippen LogP contribution is -2.52. The van der Waals surface area contributed by atoms with Crippen LogP contribution in [0.3, 0.4) is 0 Å². The largest absolute Gasteiger partial charge is 0.494 e. The maximum Gasteiger partial charge on any atom is 0.243 e. The van der Waals surface area contributed by atoms with E-state index >= 15 is 0 Å². The number of carbonyl (C=O) groups excluding carboxylic acids is 2. The average molecular weight is 537 g/mol. The van der Waals surface area contributed by atoms with Gasteiger partial charge in [0, 0.05) is 30.5 Å². The summed E-state index contributed by atoms with van der Waals surface area (Å²) in [5.74, 6) is 0.0545. The van der Waals surface area contributed by atoms with Crippen molar-refractivity contribution in [2.45, 2.75) is 63.6 Å². The molecule has 0 heterocycles. The Kier molecular flexibility index (Phi) is 10.2. The molecule has 1 fully saturated rings. The summed E-state index contributed by atoms with van der Waals surface area (Å²) in [5, 5.41) is 3.82. The van der Waals surface area contributed by atoms with E-state index in [9.17, 15) is 14.0 Å². The van der Waals surface area contributed by atoms with Crippen molar-refractivity contribution in [2.75, 3.05) is 6.61 Å². The number of nitrogens with zero attached hydrogens (tertiary/aromatic N) is 1. The standard InChI is InChI=1S/C31H34ClFN2O3/c32-25-14-18-28(19-15-25)38-20-6-11-30(36)35(22-24-12-16-26(33)17-13-24)29(21-23-7-2-1-3-8-23)31(37)34-27-9-4-5-10-27/h1-3,7-8,12-19,27,29H,4-6,9-11,20-22H2,(H,34,37)/t29-/m1/s1. The minimum atomic E-state index is -0.687. The molecule has 4 rings (SSSR count). The molecular weight excluding hydrogens is 503 g/mol.